The van der Waals surface area contributed by atoms with Gasteiger partial charge in [-0.15, -0.1) is 0 Å². The van der Waals surface area contributed by atoms with Gasteiger partial charge in [-0.05, 0) is 45.1 Å². The highest BCUT2D eigenvalue weighted by atomic mass is 16.5. The van der Waals surface area contributed by atoms with E-state index in [1.807, 2.05) is 37.3 Å². The summed E-state index contributed by atoms with van der Waals surface area (Å²) in [5, 5.41) is 9.83. The van der Waals surface area contributed by atoms with Gasteiger partial charge in [0.1, 0.15) is 5.41 Å². The number of rotatable bonds is 7. The molecule has 5 nitrogen and oxygen atoms in total. The minimum Gasteiger partial charge on any atom is -0.481 e. The largest absolute Gasteiger partial charge is 0.481 e. The molecule has 5 heteroatoms. The molecule has 1 aromatic carbocycles. The van der Waals surface area contributed by atoms with Crippen LogP contribution in [-0.4, -0.2) is 29.4 Å². The Morgan fingerprint density at radius 1 is 1.33 bits per heavy atom. The molecule has 2 rings (SSSR count). The molecule has 1 unspecified atom stereocenters. The minimum absolute atomic E-state index is 0.0966. The number of ether oxygens (including phenoxy) is 1. The standard InChI is InChI=1S/C19H25NO4/c1-3-24-17(21)11-13-19(18(22)23)12-7-10-16(19)20-14(2)15-8-5-4-6-9-15/h4-6,8-9,14H,3,7,10-13H2,1-2H3,(H,22,23)/t14?,19-/m0/s1. The van der Waals surface area contributed by atoms with E-state index in [1.54, 1.807) is 6.92 Å². The Bertz CT molecular complexity index is 611. The number of esters is 1. The Hall–Kier alpha value is -2.17. The Morgan fingerprint density at radius 3 is 2.67 bits per heavy atom. The van der Waals surface area contributed by atoms with Gasteiger partial charge in [-0.2, -0.15) is 0 Å². The van der Waals surface area contributed by atoms with Crippen LogP contribution in [0.4, 0.5) is 0 Å². The maximum atomic E-state index is 12.0. The normalized spacial score (nSPS) is 23.2. The van der Waals surface area contributed by atoms with Crippen LogP contribution in [0, 0.1) is 5.41 Å². The van der Waals surface area contributed by atoms with Gasteiger partial charge < -0.3 is 9.84 Å². The van der Waals surface area contributed by atoms with Crippen LogP contribution in [0.1, 0.15) is 57.6 Å². The maximum Gasteiger partial charge on any atom is 0.315 e. The minimum atomic E-state index is -1.03. The smallest absolute Gasteiger partial charge is 0.315 e. The van der Waals surface area contributed by atoms with Crippen LogP contribution >= 0.6 is 0 Å². The van der Waals surface area contributed by atoms with E-state index < -0.39 is 11.4 Å². The van der Waals surface area contributed by atoms with Gasteiger partial charge in [0, 0.05) is 12.1 Å². The molecule has 1 aliphatic rings. The molecule has 0 aliphatic heterocycles. The lowest BCUT2D eigenvalue weighted by molar-refractivity contribution is -0.147. The van der Waals surface area contributed by atoms with Crippen molar-refractivity contribution in [2.45, 2.75) is 52.0 Å². The number of hydrogen-bond acceptors (Lipinski definition) is 4. The van der Waals surface area contributed by atoms with Crippen LogP contribution in [0.25, 0.3) is 0 Å². The molecule has 0 bridgehead atoms. The summed E-state index contributed by atoms with van der Waals surface area (Å²) < 4.78 is 4.94. The summed E-state index contributed by atoms with van der Waals surface area (Å²) in [6.45, 7) is 4.03. The third-order valence-corrected chi connectivity index (χ3v) is 4.67. The monoisotopic (exact) mass is 331 g/mol. The molecule has 130 valence electrons. The summed E-state index contributed by atoms with van der Waals surface area (Å²) in [5.74, 6) is -1.23. The van der Waals surface area contributed by atoms with Crippen molar-refractivity contribution in [3.63, 3.8) is 0 Å². The molecule has 0 radical (unpaired) electrons. The van der Waals surface area contributed by atoms with Gasteiger partial charge in [-0.1, -0.05) is 30.3 Å². The van der Waals surface area contributed by atoms with Crippen molar-refractivity contribution in [1.29, 1.82) is 0 Å². The average Bonchev–Trinajstić information content (AvgIpc) is 2.98. The second-order valence-electron chi connectivity index (χ2n) is 6.21. The van der Waals surface area contributed by atoms with Crippen LogP contribution in [0.15, 0.2) is 35.3 Å². The first kappa shape index (κ1) is 18.2. The molecular formula is C19H25NO4. The van der Waals surface area contributed by atoms with Crippen LogP contribution in [-0.2, 0) is 14.3 Å². The quantitative estimate of drug-likeness (QED) is 0.771. The van der Waals surface area contributed by atoms with E-state index in [4.69, 9.17) is 9.73 Å². The lowest BCUT2D eigenvalue weighted by atomic mass is 9.80. The Balaban J connectivity index is 2.21. The van der Waals surface area contributed by atoms with Crippen LogP contribution < -0.4 is 0 Å². The second kappa shape index (κ2) is 8.08. The fourth-order valence-electron chi connectivity index (χ4n) is 3.32. The van der Waals surface area contributed by atoms with Crippen LogP contribution in [0.5, 0.6) is 0 Å². The molecule has 0 amide bonds. The number of hydrogen-bond donors (Lipinski definition) is 1. The highest BCUT2D eigenvalue weighted by Crippen LogP contribution is 2.41. The molecule has 2 atom stereocenters. The summed E-state index contributed by atoms with van der Waals surface area (Å²) in [6, 6.07) is 9.73. The number of carbonyl (C=O) groups is 2. The maximum absolute atomic E-state index is 12.0. The topological polar surface area (TPSA) is 76.0 Å². The molecular weight excluding hydrogens is 306 g/mol. The van der Waals surface area contributed by atoms with Crippen molar-refractivity contribution in [3.8, 4) is 0 Å². The third-order valence-electron chi connectivity index (χ3n) is 4.67. The Labute approximate surface area is 142 Å². The average molecular weight is 331 g/mol. The van der Waals surface area contributed by atoms with E-state index in [1.165, 1.54) is 0 Å². The zero-order valence-corrected chi connectivity index (χ0v) is 14.3. The molecule has 0 spiro atoms. The molecule has 1 aromatic rings. The number of benzene rings is 1. The molecule has 0 saturated heterocycles. The molecule has 24 heavy (non-hydrogen) atoms. The van der Waals surface area contributed by atoms with Crippen molar-refractivity contribution in [2.75, 3.05) is 6.61 Å². The van der Waals surface area contributed by atoms with Gasteiger partial charge >= 0.3 is 11.9 Å². The molecule has 1 aliphatic carbocycles. The number of carboxylic acid groups (broad SMARTS) is 1. The zero-order valence-electron chi connectivity index (χ0n) is 14.3. The van der Waals surface area contributed by atoms with Crippen molar-refractivity contribution >= 4 is 17.7 Å². The van der Waals surface area contributed by atoms with Gasteiger partial charge in [0.25, 0.3) is 0 Å². The van der Waals surface area contributed by atoms with Crippen molar-refractivity contribution in [3.05, 3.63) is 35.9 Å². The second-order valence-corrected chi connectivity index (χ2v) is 6.21. The van der Waals surface area contributed by atoms with E-state index in [2.05, 4.69) is 0 Å². The predicted molar refractivity (Wildman–Crippen MR) is 92.1 cm³/mol. The molecule has 0 heterocycles. The number of carbonyl (C=O) groups excluding carboxylic acids is 1. The molecule has 1 saturated carbocycles. The summed E-state index contributed by atoms with van der Waals surface area (Å²) in [7, 11) is 0. The Morgan fingerprint density at radius 2 is 2.04 bits per heavy atom. The van der Waals surface area contributed by atoms with E-state index >= 15 is 0 Å². The van der Waals surface area contributed by atoms with Crippen molar-refractivity contribution in [1.82, 2.24) is 0 Å². The summed E-state index contributed by atoms with van der Waals surface area (Å²) in [6.07, 6.45) is 2.35. The molecule has 1 fully saturated rings. The highest BCUT2D eigenvalue weighted by molar-refractivity contribution is 6.07. The van der Waals surface area contributed by atoms with Gasteiger partial charge in [0.15, 0.2) is 0 Å². The van der Waals surface area contributed by atoms with Gasteiger partial charge in [-0.25, -0.2) is 0 Å². The predicted octanol–water partition coefficient (Wildman–Crippen LogP) is 3.79. The number of aliphatic imine (C=N–C) groups is 1. The van der Waals surface area contributed by atoms with Gasteiger partial charge in [0.2, 0.25) is 0 Å². The number of nitrogens with zero attached hydrogens (tertiary/aromatic N) is 1. The van der Waals surface area contributed by atoms with Crippen LogP contribution in [0.2, 0.25) is 0 Å². The van der Waals surface area contributed by atoms with E-state index in [0.717, 1.165) is 12.0 Å². The van der Waals surface area contributed by atoms with E-state index in [-0.39, 0.29) is 24.9 Å². The number of carboxylic acids is 1. The SMILES string of the molecule is CCOC(=O)CC[C@@]1(C(=O)O)CCCC1=NC(C)c1ccccc1. The number of aliphatic carboxylic acids is 1. The lowest BCUT2D eigenvalue weighted by Crippen LogP contribution is -2.36. The fraction of sp³-hybridized carbons (Fsp3) is 0.526. The first-order chi connectivity index (χ1) is 11.5. The molecule has 1 N–H and O–H groups in total. The van der Waals surface area contributed by atoms with E-state index in [9.17, 15) is 14.7 Å². The van der Waals surface area contributed by atoms with Crippen molar-refractivity contribution < 1.29 is 19.4 Å². The zero-order chi connectivity index (χ0) is 17.6. The van der Waals surface area contributed by atoms with Crippen LogP contribution in [0.3, 0.4) is 0 Å². The van der Waals surface area contributed by atoms with E-state index in [0.29, 0.717) is 25.2 Å². The lowest BCUT2D eigenvalue weighted by Gasteiger charge is -2.25. The Kier molecular flexibility index (Phi) is 6.12. The van der Waals surface area contributed by atoms with Crippen molar-refractivity contribution in [2.24, 2.45) is 10.4 Å². The third kappa shape index (κ3) is 4.02. The summed E-state index contributed by atoms with van der Waals surface area (Å²) in [5.41, 5.74) is 0.729. The summed E-state index contributed by atoms with van der Waals surface area (Å²) >= 11 is 0. The van der Waals surface area contributed by atoms with Gasteiger partial charge in [-0.3, -0.25) is 14.6 Å². The highest BCUT2D eigenvalue weighted by Gasteiger charge is 2.47. The van der Waals surface area contributed by atoms with Gasteiger partial charge in [0.05, 0.1) is 12.6 Å². The first-order valence-electron chi connectivity index (χ1n) is 8.50. The first-order valence-corrected chi connectivity index (χ1v) is 8.50. The summed E-state index contributed by atoms with van der Waals surface area (Å²) in [4.78, 5) is 28.4. The molecule has 0 aromatic heterocycles. The fourth-order valence-corrected chi connectivity index (χ4v) is 3.32.